The summed E-state index contributed by atoms with van der Waals surface area (Å²) < 4.78 is 10.9. The highest BCUT2D eigenvalue weighted by atomic mass is 16.5. The normalized spacial score (nSPS) is 14.0. The summed E-state index contributed by atoms with van der Waals surface area (Å²) in [6.45, 7) is 1.98. The van der Waals surface area contributed by atoms with Crippen LogP contribution >= 0.6 is 0 Å². The molecule has 0 radical (unpaired) electrons. The largest absolute Gasteiger partial charge is 0.489 e. The molecule has 2 aromatic rings. The Bertz CT molecular complexity index is 558. The van der Waals surface area contributed by atoms with E-state index in [2.05, 4.69) is 0 Å². The Morgan fingerprint density at radius 1 is 1.21 bits per heavy atom. The second-order valence-electron chi connectivity index (χ2n) is 4.52. The van der Waals surface area contributed by atoms with Crippen molar-refractivity contribution < 1.29 is 13.9 Å². The van der Waals surface area contributed by atoms with Crippen molar-refractivity contribution in [3.63, 3.8) is 0 Å². The van der Waals surface area contributed by atoms with Crippen molar-refractivity contribution in [2.75, 3.05) is 13.1 Å². The molecule has 2 heterocycles. The molecule has 98 valence electrons. The number of para-hydroxylation sites is 1. The number of benzene rings is 1. The van der Waals surface area contributed by atoms with Gasteiger partial charge in [0.25, 0.3) is 5.91 Å². The molecule has 4 nitrogen and oxygen atoms in total. The van der Waals surface area contributed by atoms with Crippen LogP contribution in [0.5, 0.6) is 5.75 Å². The van der Waals surface area contributed by atoms with Gasteiger partial charge in [-0.05, 0) is 24.6 Å². The summed E-state index contributed by atoms with van der Waals surface area (Å²) in [6.07, 6.45) is 2.61. The Labute approximate surface area is 111 Å². The van der Waals surface area contributed by atoms with Crippen molar-refractivity contribution in [3.8, 4) is 5.75 Å². The molecule has 1 aromatic heterocycles. The third-order valence-electron chi connectivity index (χ3n) is 3.22. The molecule has 0 spiro atoms. The minimum absolute atomic E-state index is 0.0390. The summed E-state index contributed by atoms with van der Waals surface area (Å²) >= 11 is 0. The lowest BCUT2D eigenvalue weighted by Gasteiger charge is -2.30. The van der Waals surface area contributed by atoms with E-state index < -0.39 is 0 Å². The number of carbonyl (C=O) groups is 1. The molecule has 1 amide bonds. The predicted octanol–water partition coefficient (Wildman–Crippen LogP) is 2.70. The van der Waals surface area contributed by atoms with E-state index in [-0.39, 0.29) is 5.91 Å². The number of ether oxygens (including phenoxy) is 1. The van der Waals surface area contributed by atoms with Gasteiger partial charge in [-0.1, -0.05) is 18.2 Å². The lowest BCUT2D eigenvalue weighted by atomic mass is 10.1. The van der Waals surface area contributed by atoms with Gasteiger partial charge < -0.3 is 14.1 Å². The highest BCUT2D eigenvalue weighted by molar-refractivity contribution is 5.93. The van der Waals surface area contributed by atoms with Crippen molar-refractivity contribution in [2.45, 2.75) is 13.0 Å². The molecule has 0 N–H and O–H groups in total. The lowest BCUT2D eigenvalue weighted by Crippen LogP contribution is -2.42. The van der Waals surface area contributed by atoms with Gasteiger partial charge in [-0.3, -0.25) is 4.79 Å². The van der Waals surface area contributed by atoms with E-state index in [0.29, 0.717) is 12.4 Å². The second kappa shape index (κ2) is 5.18. The first-order valence-electron chi connectivity index (χ1n) is 6.38. The monoisotopic (exact) mass is 257 g/mol. The standard InChI is InChI=1S/C15H15NO3/c17-15(16-8-4-9-16)14-12(7-10-18-14)11-19-13-5-2-1-3-6-13/h1-3,5-7,10H,4,8-9,11H2. The lowest BCUT2D eigenvalue weighted by molar-refractivity contribution is 0.0615. The van der Waals surface area contributed by atoms with E-state index in [4.69, 9.17) is 9.15 Å². The van der Waals surface area contributed by atoms with Gasteiger partial charge in [-0.15, -0.1) is 0 Å². The van der Waals surface area contributed by atoms with Crippen LogP contribution in [-0.2, 0) is 6.61 Å². The molecular weight excluding hydrogens is 242 g/mol. The summed E-state index contributed by atoms with van der Waals surface area (Å²) in [6, 6.07) is 11.3. The number of furan rings is 1. The molecule has 0 saturated carbocycles. The molecule has 1 aromatic carbocycles. The van der Waals surface area contributed by atoms with Gasteiger partial charge in [0.2, 0.25) is 0 Å². The molecule has 4 heteroatoms. The summed E-state index contributed by atoms with van der Waals surface area (Å²) in [5.41, 5.74) is 0.792. The van der Waals surface area contributed by atoms with Gasteiger partial charge in [0.05, 0.1) is 6.26 Å². The Balaban J connectivity index is 1.68. The zero-order valence-corrected chi connectivity index (χ0v) is 10.5. The Hall–Kier alpha value is -2.23. The number of likely N-dealkylation sites (tertiary alicyclic amines) is 1. The zero-order chi connectivity index (χ0) is 13.1. The number of rotatable bonds is 4. The van der Waals surface area contributed by atoms with Crippen LogP contribution in [0.1, 0.15) is 22.5 Å². The van der Waals surface area contributed by atoms with Crippen LogP contribution in [0.3, 0.4) is 0 Å². The van der Waals surface area contributed by atoms with E-state index >= 15 is 0 Å². The van der Waals surface area contributed by atoms with Crippen molar-refractivity contribution >= 4 is 5.91 Å². The molecule has 1 saturated heterocycles. The molecule has 19 heavy (non-hydrogen) atoms. The fraction of sp³-hybridized carbons (Fsp3) is 0.267. The Morgan fingerprint density at radius 2 is 2.00 bits per heavy atom. The van der Waals surface area contributed by atoms with Crippen LogP contribution < -0.4 is 4.74 Å². The van der Waals surface area contributed by atoms with Crippen LogP contribution in [0.25, 0.3) is 0 Å². The molecular formula is C15H15NO3. The minimum Gasteiger partial charge on any atom is -0.489 e. The number of carbonyl (C=O) groups excluding carboxylic acids is 1. The van der Waals surface area contributed by atoms with Crippen molar-refractivity contribution in [3.05, 3.63) is 54.0 Å². The fourth-order valence-corrected chi connectivity index (χ4v) is 1.98. The van der Waals surface area contributed by atoms with Crippen molar-refractivity contribution in [1.82, 2.24) is 4.90 Å². The van der Waals surface area contributed by atoms with Crippen molar-refractivity contribution in [2.24, 2.45) is 0 Å². The van der Waals surface area contributed by atoms with Crippen LogP contribution in [0.15, 0.2) is 47.1 Å². The number of nitrogens with zero attached hydrogens (tertiary/aromatic N) is 1. The van der Waals surface area contributed by atoms with Gasteiger partial charge in [-0.2, -0.15) is 0 Å². The smallest absolute Gasteiger partial charge is 0.289 e. The molecule has 0 atom stereocenters. The summed E-state index contributed by atoms with van der Waals surface area (Å²) in [5.74, 6) is 1.14. The second-order valence-corrected chi connectivity index (χ2v) is 4.52. The number of hydrogen-bond donors (Lipinski definition) is 0. The average Bonchev–Trinajstić information content (AvgIpc) is 2.84. The Morgan fingerprint density at radius 3 is 2.68 bits per heavy atom. The molecule has 0 aliphatic carbocycles. The quantitative estimate of drug-likeness (QED) is 0.845. The molecule has 1 fully saturated rings. The van der Waals surface area contributed by atoms with Crippen LogP contribution in [0, 0.1) is 0 Å². The first kappa shape index (κ1) is 11.8. The first-order valence-corrected chi connectivity index (χ1v) is 6.38. The maximum Gasteiger partial charge on any atom is 0.289 e. The van der Waals surface area contributed by atoms with E-state index in [1.54, 1.807) is 11.0 Å². The number of amides is 1. The van der Waals surface area contributed by atoms with Gasteiger partial charge in [0.1, 0.15) is 12.4 Å². The zero-order valence-electron chi connectivity index (χ0n) is 10.5. The fourth-order valence-electron chi connectivity index (χ4n) is 1.98. The van der Waals surface area contributed by atoms with Crippen molar-refractivity contribution in [1.29, 1.82) is 0 Å². The molecule has 1 aliphatic heterocycles. The van der Waals surface area contributed by atoms with Crippen LogP contribution in [0.4, 0.5) is 0 Å². The number of hydrogen-bond acceptors (Lipinski definition) is 3. The van der Waals surface area contributed by atoms with Gasteiger partial charge in [-0.25, -0.2) is 0 Å². The molecule has 0 bridgehead atoms. The summed E-state index contributed by atoms with van der Waals surface area (Å²) in [7, 11) is 0. The van der Waals surface area contributed by atoms with E-state index in [0.717, 1.165) is 30.8 Å². The van der Waals surface area contributed by atoms with Gasteiger partial charge in [0.15, 0.2) is 5.76 Å². The van der Waals surface area contributed by atoms with Gasteiger partial charge >= 0.3 is 0 Å². The topological polar surface area (TPSA) is 42.7 Å². The molecule has 1 aliphatic rings. The predicted molar refractivity (Wildman–Crippen MR) is 70.0 cm³/mol. The van der Waals surface area contributed by atoms with Crippen LogP contribution in [0.2, 0.25) is 0 Å². The summed E-state index contributed by atoms with van der Waals surface area (Å²) in [5, 5.41) is 0. The van der Waals surface area contributed by atoms with E-state index in [9.17, 15) is 4.79 Å². The Kier molecular flexibility index (Phi) is 3.23. The molecule has 3 rings (SSSR count). The summed E-state index contributed by atoms with van der Waals surface area (Å²) in [4.78, 5) is 13.9. The maximum atomic E-state index is 12.1. The van der Waals surface area contributed by atoms with E-state index in [1.807, 2.05) is 30.3 Å². The highest BCUT2D eigenvalue weighted by Gasteiger charge is 2.26. The highest BCUT2D eigenvalue weighted by Crippen LogP contribution is 2.19. The van der Waals surface area contributed by atoms with E-state index in [1.165, 1.54) is 6.26 Å². The van der Waals surface area contributed by atoms with Gasteiger partial charge in [0, 0.05) is 18.7 Å². The minimum atomic E-state index is -0.0390. The van der Waals surface area contributed by atoms with Crippen LogP contribution in [-0.4, -0.2) is 23.9 Å². The average molecular weight is 257 g/mol. The SMILES string of the molecule is O=C(c1occc1COc1ccccc1)N1CCC1. The first-order chi connectivity index (χ1) is 9.34. The maximum absolute atomic E-state index is 12.1. The third-order valence-corrected chi connectivity index (χ3v) is 3.22. The molecule has 0 unspecified atom stereocenters. The third kappa shape index (κ3) is 2.47.